The topological polar surface area (TPSA) is 152 Å². The molecular weight excluding hydrogens is 484 g/mol. The number of aliphatic hydroxyl groups is 3. The Morgan fingerprint density at radius 3 is 2.43 bits per heavy atom. The second-order valence-corrected chi connectivity index (χ2v) is 10.2. The second-order valence-electron chi connectivity index (χ2n) is 10.2. The van der Waals surface area contributed by atoms with Crippen LogP contribution in [0.15, 0.2) is 24.3 Å². The average molecular weight is 515 g/mol. The lowest BCUT2D eigenvalue weighted by Gasteiger charge is -2.44. The van der Waals surface area contributed by atoms with Crippen molar-refractivity contribution < 1.29 is 49.0 Å². The number of ether oxygens (including phenoxy) is 4. The third-order valence-electron chi connectivity index (χ3n) is 7.49. The Balaban J connectivity index is 1.59. The second kappa shape index (κ2) is 9.16. The summed E-state index contributed by atoms with van der Waals surface area (Å²) >= 11 is 0. The monoisotopic (exact) mass is 514 g/mol. The third-order valence-corrected chi connectivity index (χ3v) is 7.49. The van der Waals surface area contributed by atoms with Gasteiger partial charge in [0.1, 0.15) is 29.8 Å². The lowest BCUT2D eigenvalue weighted by molar-refractivity contribution is -0.313. The number of carbonyl (C=O) groups excluding carboxylic acids is 2. The Labute approximate surface area is 213 Å². The van der Waals surface area contributed by atoms with Gasteiger partial charge >= 0.3 is 0 Å². The molecule has 0 spiro atoms. The number of phenolic OH excluding ortho intramolecular Hbond substituents is 1. The fourth-order valence-electron chi connectivity index (χ4n) is 5.59. The van der Waals surface area contributed by atoms with Gasteiger partial charge in [0.2, 0.25) is 0 Å². The predicted molar refractivity (Wildman–Crippen MR) is 128 cm³/mol. The molecule has 1 saturated heterocycles. The van der Waals surface area contributed by atoms with Crippen LogP contribution < -0.4 is 4.74 Å². The van der Waals surface area contributed by atoms with E-state index in [2.05, 4.69) is 0 Å². The van der Waals surface area contributed by atoms with Crippen LogP contribution in [0.4, 0.5) is 0 Å². The molecule has 2 aromatic rings. The van der Waals surface area contributed by atoms with Gasteiger partial charge in [-0.05, 0) is 43.7 Å². The van der Waals surface area contributed by atoms with Crippen LogP contribution >= 0.6 is 0 Å². The molecule has 198 valence electrons. The normalized spacial score (nSPS) is 32.9. The number of aromatic hydroxyl groups is 1. The highest BCUT2D eigenvalue weighted by atomic mass is 16.7. The molecule has 0 aromatic heterocycles. The SMILES string of the molecule is COc1ccc2c(c1)C(=O)c1cc3c(c(O)c1C2=O)[C@H](O[C@@H]1O[C@@H](C)[C@H](O)[C@@H](O)[C@@H]1OC)C[C@](C)(O)C3. The molecule has 0 radical (unpaired) electrons. The summed E-state index contributed by atoms with van der Waals surface area (Å²) in [4.78, 5) is 26.9. The van der Waals surface area contributed by atoms with Crippen LogP contribution in [0, 0.1) is 0 Å². The minimum Gasteiger partial charge on any atom is -0.507 e. The number of fused-ring (bicyclic) bond motifs is 3. The largest absolute Gasteiger partial charge is 0.507 e. The fourth-order valence-corrected chi connectivity index (χ4v) is 5.59. The molecular formula is C27H30O10. The molecule has 1 fully saturated rings. The van der Waals surface area contributed by atoms with Gasteiger partial charge in [0, 0.05) is 42.2 Å². The molecule has 10 nitrogen and oxygen atoms in total. The summed E-state index contributed by atoms with van der Waals surface area (Å²) in [5.74, 6) is -0.931. The Kier molecular flexibility index (Phi) is 6.38. The zero-order valence-corrected chi connectivity index (χ0v) is 20.9. The van der Waals surface area contributed by atoms with E-state index in [4.69, 9.17) is 18.9 Å². The van der Waals surface area contributed by atoms with Gasteiger partial charge in [-0.1, -0.05) is 0 Å². The molecule has 2 aliphatic carbocycles. The number of methoxy groups -OCH3 is 2. The van der Waals surface area contributed by atoms with E-state index in [1.165, 1.54) is 32.4 Å². The summed E-state index contributed by atoms with van der Waals surface area (Å²) in [6, 6.07) is 6.07. The molecule has 0 saturated carbocycles. The molecule has 5 rings (SSSR count). The van der Waals surface area contributed by atoms with Gasteiger partial charge in [0.25, 0.3) is 0 Å². The van der Waals surface area contributed by atoms with Crippen molar-refractivity contribution in [2.24, 2.45) is 0 Å². The van der Waals surface area contributed by atoms with Gasteiger partial charge in [0.05, 0.1) is 30.5 Å². The van der Waals surface area contributed by atoms with E-state index < -0.39 is 59.7 Å². The number of carbonyl (C=O) groups is 2. The molecule has 1 heterocycles. The minimum absolute atomic E-state index is 0.0333. The summed E-state index contributed by atoms with van der Waals surface area (Å²) in [6.07, 6.45) is -6.31. The highest BCUT2D eigenvalue weighted by Crippen LogP contribution is 2.48. The van der Waals surface area contributed by atoms with E-state index in [9.17, 15) is 30.0 Å². The predicted octanol–water partition coefficient (Wildman–Crippen LogP) is 1.41. The summed E-state index contributed by atoms with van der Waals surface area (Å²) < 4.78 is 22.5. The first-order valence-corrected chi connectivity index (χ1v) is 12.1. The van der Waals surface area contributed by atoms with Gasteiger partial charge in [-0.25, -0.2) is 0 Å². The Bertz CT molecular complexity index is 1270. The summed E-state index contributed by atoms with van der Waals surface area (Å²) in [6.45, 7) is 3.18. The fraction of sp³-hybridized carbons (Fsp3) is 0.481. The quantitative estimate of drug-likeness (QED) is 0.402. The Morgan fingerprint density at radius 2 is 1.76 bits per heavy atom. The summed E-state index contributed by atoms with van der Waals surface area (Å²) in [7, 11) is 2.80. The molecule has 37 heavy (non-hydrogen) atoms. The number of rotatable bonds is 4. The van der Waals surface area contributed by atoms with E-state index in [1.54, 1.807) is 19.9 Å². The number of phenols is 1. The van der Waals surface area contributed by atoms with Crippen molar-refractivity contribution in [2.45, 2.75) is 69.1 Å². The van der Waals surface area contributed by atoms with E-state index in [-0.39, 0.29) is 40.7 Å². The molecule has 3 aliphatic rings. The molecule has 4 N–H and O–H groups in total. The molecule has 0 unspecified atom stereocenters. The minimum atomic E-state index is -1.30. The van der Waals surface area contributed by atoms with Gasteiger partial charge < -0.3 is 39.4 Å². The maximum Gasteiger partial charge on any atom is 0.198 e. The lowest BCUT2D eigenvalue weighted by Crippen LogP contribution is -2.58. The van der Waals surface area contributed by atoms with Crippen molar-refractivity contribution in [1.82, 2.24) is 0 Å². The van der Waals surface area contributed by atoms with Crippen LogP contribution in [-0.4, -0.2) is 82.5 Å². The first kappa shape index (κ1) is 25.8. The lowest BCUT2D eigenvalue weighted by atomic mass is 9.74. The standard InChI is InChI=1S/C27H30O10/c1-11-20(28)24(32)25(35-4)26(36-11)37-17-10-27(2,33)9-12-7-16-19(23(31)18(12)17)22(30)14-6-5-13(34-3)8-15(14)21(16)29/h5-8,11,17,20,24-26,28,31-33H,9-10H2,1-4H3/t11-,17+,20-,24+,25-,26-,27+/m0/s1. The van der Waals surface area contributed by atoms with Crippen LogP contribution in [0.2, 0.25) is 0 Å². The van der Waals surface area contributed by atoms with Crippen LogP contribution in [0.5, 0.6) is 11.5 Å². The molecule has 10 heteroatoms. The van der Waals surface area contributed by atoms with Crippen LogP contribution in [0.1, 0.15) is 69.3 Å². The van der Waals surface area contributed by atoms with Crippen LogP contribution in [0.3, 0.4) is 0 Å². The number of hydrogen-bond acceptors (Lipinski definition) is 10. The first-order valence-electron chi connectivity index (χ1n) is 12.1. The number of hydrogen-bond donors (Lipinski definition) is 4. The van der Waals surface area contributed by atoms with Crippen molar-refractivity contribution in [3.63, 3.8) is 0 Å². The smallest absolute Gasteiger partial charge is 0.198 e. The van der Waals surface area contributed by atoms with Crippen LogP contribution in [0.25, 0.3) is 0 Å². The number of ketones is 2. The molecule has 2 aromatic carbocycles. The number of aliphatic hydroxyl groups excluding tert-OH is 2. The van der Waals surface area contributed by atoms with Gasteiger partial charge in [-0.15, -0.1) is 0 Å². The van der Waals surface area contributed by atoms with Crippen molar-refractivity contribution >= 4 is 11.6 Å². The van der Waals surface area contributed by atoms with Crippen molar-refractivity contribution in [3.8, 4) is 11.5 Å². The maximum absolute atomic E-state index is 13.5. The zero-order valence-electron chi connectivity index (χ0n) is 20.9. The van der Waals surface area contributed by atoms with Crippen molar-refractivity contribution in [1.29, 1.82) is 0 Å². The van der Waals surface area contributed by atoms with Gasteiger partial charge in [0.15, 0.2) is 17.9 Å². The summed E-state index contributed by atoms with van der Waals surface area (Å²) in [5, 5.41) is 43.1. The van der Waals surface area contributed by atoms with Crippen LogP contribution in [-0.2, 0) is 20.6 Å². The summed E-state index contributed by atoms with van der Waals surface area (Å²) in [5.41, 5.74) is -0.343. The molecule has 0 bridgehead atoms. The van der Waals surface area contributed by atoms with E-state index in [0.717, 1.165) is 0 Å². The Hall–Kier alpha value is -2.86. The van der Waals surface area contributed by atoms with E-state index in [0.29, 0.717) is 11.3 Å². The maximum atomic E-state index is 13.5. The molecule has 1 aliphatic heterocycles. The van der Waals surface area contributed by atoms with Crippen molar-refractivity contribution in [3.05, 3.63) is 57.6 Å². The average Bonchev–Trinajstić information content (AvgIpc) is 2.84. The zero-order chi connectivity index (χ0) is 26.8. The van der Waals surface area contributed by atoms with Gasteiger partial charge in [-0.3, -0.25) is 9.59 Å². The third kappa shape index (κ3) is 4.14. The molecule has 0 amide bonds. The van der Waals surface area contributed by atoms with E-state index in [1.807, 2.05) is 0 Å². The number of benzene rings is 2. The molecule has 7 atom stereocenters. The van der Waals surface area contributed by atoms with E-state index >= 15 is 0 Å². The highest BCUT2D eigenvalue weighted by molar-refractivity contribution is 6.29. The Morgan fingerprint density at radius 1 is 1.03 bits per heavy atom. The van der Waals surface area contributed by atoms with Gasteiger partial charge in [-0.2, -0.15) is 0 Å². The first-order chi connectivity index (χ1) is 17.5. The highest BCUT2D eigenvalue weighted by Gasteiger charge is 2.47. The van der Waals surface area contributed by atoms with Crippen molar-refractivity contribution in [2.75, 3.05) is 14.2 Å².